The Balaban J connectivity index is 1.87. The van der Waals surface area contributed by atoms with E-state index in [0.29, 0.717) is 0 Å². The normalized spacial score (nSPS) is 15.3. The van der Waals surface area contributed by atoms with E-state index in [1.807, 2.05) is 30.3 Å². The lowest BCUT2D eigenvalue weighted by molar-refractivity contribution is -0.157. The molecule has 1 N–H and O–H groups in total. The molecule has 0 radical (unpaired) electrons. The van der Waals surface area contributed by atoms with Crippen molar-refractivity contribution in [1.29, 1.82) is 0 Å². The monoisotopic (exact) mass is 465 g/mol. The first-order chi connectivity index (χ1) is 15.2. The Bertz CT molecular complexity index is 791. The fourth-order valence-electron chi connectivity index (χ4n) is 3.43. The van der Waals surface area contributed by atoms with E-state index in [1.165, 1.54) is 6.92 Å². The van der Waals surface area contributed by atoms with E-state index in [1.54, 1.807) is 13.8 Å². The molecule has 1 saturated carbocycles. The maximum Gasteiger partial charge on any atom is 0.370 e. The minimum atomic E-state index is -1.09. The van der Waals surface area contributed by atoms with Crippen LogP contribution in [0, 0.1) is 5.92 Å². The first-order valence-electron chi connectivity index (χ1n) is 10.7. The van der Waals surface area contributed by atoms with E-state index in [2.05, 4.69) is 5.32 Å². The van der Waals surface area contributed by atoms with Crippen molar-refractivity contribution in [2.24, 2.45) is 5.92 Å². The van der Waals surface area contributed by atoms with Gasteiger partial charge in [0.2, 0.25) is 12.7 Å². The minimum Gasteiger partial charge on any atom is -0.459 e. The zero-order valence-electron chi connectivity index (χ0n) is 18.8. The minimum absolute atomic E-state index is 0.0398. The van der Waals surface area contributed by atoms with Gasteiger partial charge in [-0.2, -0.15) is 0 Å². The first kappa shape index (κ1) is 25.7. The highest BCUT2D eigenvalue weighted by Crippen LogP contribution is 2.31. The van der Waals surface area contributed by atoms with Crippen LogP contribution in [-0.4, -0.2) is 40.7 Å². The van der Waals surface area contributed by atoms with Crippen LogP contribution in [0.2, 0.25) is 0 Å². The molecule has 0 aliphatic heterocycles. The summed E-state index contributed by atoms with van der Waals surface area (Å²) in [5, 5.41) is 1.83. The summed E-state index contributed by atoms with van der Waals surface area (Å²) >= 11 is 0.721. The smallest absolute Gasteiger partial charge is 0.370 e. The molecule has 2 rings (SSSR count). The molecule has 0 bridgehead atoms. The van der Waals surface area contributed by atoms with Gasteiger partial charge in [-0.25, -0.2) is 9.59 Å². The Labute approximate surface area is 192 Å². The van der Waals surface area contributed by atoms with Crippen LogP contribution in [0.3, 0.4) is 0 Å². The molecule has 1 aromatic rings. The molecule has 176 valence electrons. The predicted octanol–water partition coefficient (Wildman–Crippen LogP) is 3.96. The number of ether oxygens (including phenoxy) is 3. The molecule has 0 spiro atoms. The lowest BCUT2D eigenvalue weighted by Gasteiger charge is -2.31. The Kier molecular flexibility index (Phi) is 10.0. The van der Waals surface area contributed by atoms with Crippen LogP contribution in [-0.2, 0) is 35.2 Å². The summed E-state index contributed by atoms with van der Waals surface area (Å²) in [5.41, 5.74) is 0.798. The van der Waals surface area contributed by atoms with Crippen molar-refractivity contribution in [2.75, 3.05) is 6.79 Å². The number of nitrogens with one attached hydrogen (secondary N) is 1. The van der Waals surface area contributed by atoms with E-state index in [-0.39, 0.29) is 18.5 Å². The van der Waals surface area contributed by atoms with Crippen LogP contribution in [0.15, 0.2) is 30.3 Å². The summed E-state index contributed by atoms with van der Waals surface area (Å²) in [6.45, 7) is 4.08. The highest BCUT2D eigenvalue weighted by molar-refractivity contribution is 8.14. The van der Waals surface area contributed by atoms with Gasteiger partial charge in [0.25, 0.3) is 0 Å². The molecule has 1 aromatic carbocycles. The molecular weight excluding hydrogens is 434 g/mol. The molecule has 0 heterocycles. The summed E-state index contributed by atoms with van der Waals surface area (Å²) < 4.78 is 14.4. The van der Waals surface area contributed by atoms with Gasteiger partial charge in [-0.05, 0) is 44.0 Å². The van der Waals surface area contributed by atoms with Crippen LogP contribution >= 0.6 is 11.8 Å². The van der Waals surface area contributed by atoms with Crippen molar-refractivity contribution in [3.8, 4) is 0 Å². The third-order valence-corrected chi connectivity index (χ3v) is 6.21. The van der Waals surface area contributed by atoms with Crippen molar-refractivity contribution in [3.05, 3.63) is 35.9 Å². The van der Waals surface area contributed by atoms with Gasteiger partial charge in [0.05, 0.1) is 10.7 Å². The molecule has 0 saturated heterocycles. The summed E-state index contributed by atoms with van der Waals surface area (Å²) in [7, 11) is 0. The Morgan fingerprint density at radius 3 is 2.31 bits per heavy atom. The SMILES string of the molecule is CC(=O)N[C@@H](C(=O)OCc1ccccc1)C(C)(C)SC(=O)OCOC(=O)C1CCCCC1. The molecule has 32 heavy (non-hydrogen) atoms. The summed E-state index contributed by atoms with van der Waals surface area (Å²) in [6.07, 6.45) is 4.69. The molecule has 0 aromatic heterocycles. The molecule has 1 aliphatic carbocycles. The van der Waals surface area contributed by atoms with Gasteiger partial charge in [-0.3, -0.25) is 9.59 Å². The highest BCUT2D eigenvalue weighted by atomic mass is 32.2. The van der Waals surface area contributed by atoms with Crippen LogP contribution in [0.25, 0.3) is 0 Å². The number of thioether (sulfide) groups is 1. The Morgan fingerprint density at radius 2 is 1.69 bits per heavy atom. The predicted molar refractivity (Wildman–Crippen MR) is 120 cm³/mol. The zero-order valence-corrected chi connectivity index (χ0v) is 19.6. The molecule has 1 aliphatic rings. The molecule has 9 heteroatoms. The van der Waals surface area contributed by atoms with E-state index in [4.69, 9.17) is 14.2 Å². The van der Waals surface area contributed by atoms with E-state index in [9.17, 15) is 19.2 Å². The number of amides is 1. The highest BCUT2D eigenvalue weighted by Gasteiger charge is 2.40. The fraction of sp³-hybridized carbons (Fsp3) is 0.565. The summed E-state index contributed by atoms with van der Waals surface area (Å²) in [6, 6.07) is 8.03. The summed E-state index contributed by atoms with van der Waals surface area (Å²) in [4.78, 5) is 48.7. The molecule has 1 atom stereocenters. The van der Waals surface area contributed by atoms with Crippen LogP contribution < -0.4 is 5.32 Å². The maximum atomic E-state index is 12.7. The first-order valence-corrected chi connectivity index (χ1v) is 11.5. The molecule has 0 unspecified atom stereocenters. The third-order valence-electron chi connectivity index (χ3n) is 5.17. The van der Waals surface area contributed by atoms with Crippen molar-refractivity contribution in [1.82, 2.24) is 5.32 Å². The number of hydrogen-bond donors (Lipinski definition) is 1. The standard InChI is InChI=1S/C23H31NO7S/c1-16(25)24-19(21(27)29-14-17-10-6-4-7-11-17)23(2,3)32-22(28)31-15-30-20(26)18-12-8-5-9-13-18/h4,6-7,10-11,18-19H,5,8-9,12-15H2,1-3H3,(H,24,25)/t19-/m0/s1. The average molecular weight is 466 g/mol. The van der Waals surface area contributed by atoms with Crippen molar-refractivity contribution in [2.45, 2.75) is 70.3 Å². The van der Waals surface area contributed by atoms with Crippen LogP contribution in [0.4, 0.5) is 4.79 Å². The lowest BCUT2D eigenvalue weighted by Crippen LogP contribution is -2.53. The topological polar surface area (TPSA) is 108 Å². The van der Waals surface area contributed by atoms with Gasteiger partial charge < -0.3 is 19.5 Å². The zero-order chi connectivity index (χ0) is 23.6. The maximum absolute atomic E-state index is 12.7. The Morgan fingerprint density at radius 1 is 1.03 bits per heavy atom. The van der Waals surface area contributed by atoms with Gasteiger partial charge in [-0.1, -0.05) is 49.6 Å². The van der Waals surface area contributed by atoms with Gasteiger partial charge in [0.1, 0.15) is 12.6 Å². The van der Waals surface area contributed by atoms with Crippen molar-refractivity contribution in [3.63, 3.8) is 0 Å². The largest absolute Gasteiger partial charge is 0.459 e. The molecule has 1 fully saturated rings. The van der Waals surface area contributed by atoms with E-state index >= 15 is 0 Å². The molecule has 8 nitrogen and oxygen atoms in total. The second-order valence-electron chi connectivity index (χ2n) is 8.24. The van der Waals surface area contributed by atoms with Crippen molar-refractivity contribution < 1.29 is 33.4 Å². The molecular formula is C23H31NO7S. The Hall–Kier alpha value is -2.55. The van der Waals surface area contributed by atoms with E-state index < -0.39 is 34.8 Å². The fourth-order valence-corrected chi connectivity index (χ4v) is 4.24. The molecule has 1 amide bonds. The van der Waals surface area contributed by atoms with Crippen LogP contribution in [0.5, 0.6) is 0 Å². The van der Waals surface area contributed by atoms with E-state index in [0.717, 1.165) is 49.4 Å². The number of carbonyl (C=O) groups excluding carboxylic acids is 4. The second-order valence-corrected chi connectivity index (χ2v) is 9.83. The van der Waals surface area contributed by atoms with Gasteiger partial charge in [-0.15, -0.1) is 0 Å². The number of carbonyl (C=O) groups is 4. The second kappa shape index (κ2) is 12.5. The van der Waals surface area contributed by atoms with Gasteiger partial charge >= 0.3 is 17.2 Å². The summed E-state index contributed by atoms with van der Waals surface area (Å²) in [5.74, 6) is -1.61. The number of esters is 2. The van der Waals surface area contributed by atoms with Crippen LogP contribution in [0.1, 0.15) is 58.4 Å². The van der Waals surface area contributed by atoms with Crippen molar-refractivity contribution >= 4 is 34.9 Å². The number of rotatable bonds is 9. The lowest BCUT2D eigenvalue weighted by atomic mass is 9.89. The third kappa shape index (κ3) is 8.53. The van der Waals surface area contributed by atoms with Gasteiger partial charge in [0, 0.05) is 6.92 Å². The number of benzene rings is 1. The van der Waals surface area contributed by atoms with Gasteiger partial charge in [0.15, 0.2) is 0 Å². The number of hydrogen-bond acceptors (Lipinski definition) is 8. The average Bonchev–Trinajstić information content (AvgIpc) is 2.76. The quantitative estimate of drug-likeness (QED) is 0.431.